The largest absolute Gasteiger partial charge is 0.372 e. The second-order valence-corrected chi connectivity index (χ2v) is 7.77. The fourth-order valence-electron chi connectivity index (χ4n) is 3.38. The minimum Gasteiger partial charge on any atom is -0.372 e. The molecule has 1 aliphatic heterocycles. The first-order valence-corrected chi connectivity index (χ1v) is 10.7. The van der Waals surface area contributed by atoms with Gasteiger partial charge in [0.2, 0.25) is 6.41 Å². The number of hydrogen-bond donors (Lipinski definition) is 2. The molecule has 0 aromatic heterocycles. The number of hydrogen-bond acceptors (Lipinski definition) is 4. The topological polar surface area (TPSA) is 56.7 Å². The van der Waals surface area contributed by atoms with Crippen LogP contribution >= 0.6 is 23.2 Å². The Hall–Kier alpha value is -2.22. The summed E-state index contributed by atoms with van der Waals surface area (Å²) in [6.07, 6.45) is 2.38. The fraction of sp³-hybridized carbons (Fsp3) is 0.364. The van der Waals surface area contributed by atoms with E-state index in [4.69, 9.17) is 23.2 Å². The van der Waals surface area contributed by atoms with E-state index in [9.17, 15) is 13.6 Å². The van der Waals surface area contributed by atoms with Crippen LogP contribution in [0.3, 0.4) is 0 Å². The number of halogens is 4. The maximum absolute atomic E-state index is 14.9. The van der Waals surface area contributed by atoms with Crippen molar-refractivity contribution in [3.8, 4) is 0 Å². The first kappa shape index (κ1) is 25.0. The molecule has 1 amide bonds. The minimum absolute atomic E-state index is 0.109. The van der Waals surface area contributed by atoms with Crippen LogP contribution in [0.4, 0.5) is 20.2 Å². The number of rotatable bonds is 6. The van der Waals surface area contributed by atoms with Crippen LogP contribution in [0.2, 0.25) is 10.0 Å². The molecule has 0 spiro atoms. The van der Waals surface area contributed by atoms with E-state index >= 15 is 0 Å². The van der Waals surface area contributed by atoms with Gasteiger partial charge in [-0.05, 0) is 43.7 Å². The summed E-state index contributed by atoms with van der Waals surface area (Å²) >= 11 is 12.4. The van der Waals surface area contributed by atoms with E-state index in [2.05, 4.69) is 15.6 Å². The molecule has 2 aromatic carbocycles. The second kappa shape index (κ2) is 10.9. The van der Waals surface area contributed by atoms with Crippen molar-refractivity contribution in [2.45, 2.75) is 32.7 Å². The van der Waals surface area contributed by atoms with Crippen molar-refractivity contribution in [2.24, 2.45) is 4.99 Å². The zero-order valence-electron chi connectivity index (χ0n) is 17.9. The predicted molar refractivity (Wildman–Crippen MR) is 124 cm³/mol. The van der Waals surface area contributed by atoms with Gasteiger partial charge in [-0.1, -0.05) is 37.0 Å². The summed E-state index contributed by atoms with van der Waals surface area (Å²) in [4.78, 5) is 16.0. The van der Waals surface area contributed by atoms with Gasteiger partial charge in [-0.2, -0.15) is 0 Å². The van der Waals surface area contributed by atoms with E-state index in [0.29, 0.717) is 37.2 Å². The summed E-state index contributed by atoms with van der Waals surface area (Å²) < 4.78 is 29.6. The summed E-state index contributed by atoms with van der Waals surface area (Å²) in [7, 11) is 1.53. The number of carbonyl (C=O) groups excluding carboxylic acids is 1. The van der Waals surface area contributed by atoms with Crippen molar-refractivity contribution in [3.05, 3.63) is 57.1 Å². The molecule has 2 aromatic rings. The van der Waals surface area contributed by atoms with Gasteiger partial charge < -0.3 is 15.5 Å². The van der Waals surface area contributed by atoms with Gasteiger partial charge in [0.05, 0.1) is 33.3 Å². The van der Waals surface area contributed by atoms with Crippen molar-refractivity contribution in [3.63, 3.8) is 0 Å². The van der Waals surface area contributed by atoms with E-state index in [-0.39, 0.29) is 21.3 Å². The summed E-state index contributed by atoms with van der Waals surface area (Å²) in [5.74, 6) is -1.06. The molecule has 1 unspecified atom stereocenters. The molecule has 1 aliphatic rings. The van der Waals surface area contributed by atoms with Crippen LogP contribution < -0.4 is 10.6 Å². The molecule has 31 heavy (non-hydrogen) atoms. The number of nitrogens with one attached hydrogen (secondary N) is 2. The lowest BCUT2D eigenvalue weighted by Gasteiger charge is -2.33. The Bertz CT molecular complexity index is 963. The number of amides is 1. The van der Waals surface area contributed by atoms with Crippen LogP contribution in [-0.4, -0.2) is 37.8 Å². The molecule has 1 atom stereocenters. The molecule has 1 saturated heterocycles. The number of carbonyl (C=O) groups is 1. The van der Waals surface area contributed by atoms with E-state index < -0.39 is 17.2 Å². The Labute approximate surface area is 191 Å². The second-order valence-electron chi connectivity index (χ2n) is 6.99. The zero-order valence-corrected chi connectivity index (χ0v) is 19.4. The van der Waals surface area contributed by atoms with Gasteiger partial charge in [-0.3, -0.25) is 4.79 Å². The van der Waals surface area contributed by atoms with E-state index in [0.717, 1.165) is 0 Å². The fourth-order valence-corrected chi connectivity index (χ4v) is 3.88. The molecule has 1 fully saturated rings. The van der Waals surface area contributed by atoms with Crippen molar-refractivity contribution in [1.82, 2.24) is 10.2 Å². The third-order valence-electron chi connectivity index (χ3n) is 4.88. The predicted octanol–water partition coefficient (Wildman–Crippen LogP) is 5.65. The molecule has 0 aliphatic carbocycles. The number of nitrogens with zero attached hydrogens (tertiary/aromatic N) is 2. The van der Waals surface area contributed by atoms with E-state index in [1.54, 1.807) is 13.0 Å². The highest BCUT2D eigenvalue weighted by molar-refractivity contribution is 6.42. The SMILES string of the molecule is CC.Cc1cc(NC2(c3c(F)ccc(Cl)c3Cl)CCNC2)c(F)cc1N=CN(C)C=O. The Morgan fingerprint density at radius 3 is 2.55 bits per heavy atom. The summed E-state index contributed by atoms with van der Waals surface area (Å²) in [6.45, 7) is 6.73. The molecule has 3 rings (SSSR count). The normalized spacial score (nSPS) is 17.9. The average molecular weight is 471 g/mol. The van der Waals surface area contributed by atoms with E-state index in [1.165, 1.54) is 36.5 Å². The Balaban J connectivity index is 0.00000166. The smallest absolute Gasteiger partial charge is 0.214 e. The molecule has 2 N–H and O–H groups in total. The number of aryl methyl sites for hydroxylation is 1. The molecule has 0 radical (unpaired) electrons. The van der Waals surface area contributed by atoms with Gasteiger partial charge >= 0.3 is 0 Å². The molecular weight excluding hydrogens is 445 g/mol. The molecule has 1 heterocycles. The highest BCUT2D eigenvalue weighted by Gasteiger charge is 2.40. The molecule has 5 nitrogen and oxygen atoms in total. The standard InChI is InChI=1S/C20H20Cl2F2N4O.C2H6/c1-12-7-17(15(24)8-16(12)26-10-28(2)11-29)27-20(5-6-25-9-20)18-14(23)4-3-13(21)19(18)22;1-2/h3-4,7-8,10-11,25,27H,5-6,9H2,1-2H3;1-2H3. The van der Waals surface area contributed by atoms with Gasteiger partial charge in [0, 0.05) is 25.2 Å². The lowest BCUT2D eigenvalue weighted by Crippen LogP contribution is -2.39. The third-order valence-corrected chi connectivity index (χ3v) is 5.69. The molecular formula is C22H26Cl2F2N4O. The summed E-state index contributed by atoms with van der Waals surface area (Å²) in [5, 5.41) is 6.67. The van der Waals surface area contributed by atoms with Gasteiger partial charge in [-0.25, -0.2) is 13.8 Å². The maximum atomic E-state index is 14.9. The maximum Gasteiger partial charge on any atom is 0.214 e. The van der Waals surface area contributed by atoms with Crippen LogP contribution in [-0.2, 0) is 10.3 Å². The van der Waals surface area contributed by atoms with Gasteiger partial charge in [0.15, 0.2) is 0 Å². The van der Waals surface area contributed by atoms with Gasteiger partial charge in [-0.15, -0.1) is 0 Å². The van der Waals surface area contributed by atoms with Crippen molar-refractivity contribution in [1.29, 1.82) is 0 Å². The summed E-state index contributed by atoms with van der Waals surface area (Å²) in [5.41, 5.74) is 0.519. The number of aliphatic imine (C=N–C) groups is 1. The first-order chi connectivity index (χ1) is 14.8. The third kappa shape index (κ3) is 5.53. The van der Waals surface area contributed by atoms with Gasteiger partial charge in [0.25, 0.3) is 0 Å². The van der Waals surface area contributed by atoms with Crippen LogP contribution in [0, 0.1) is 18.6 Å². The Morgan fingerprint density at radius 1 is 1.23 bits per heavy atom. The Kier molecular flexibility index (Phi) is 8.79. The van der Waals surface area contributed by atoms with Crippen LogP contribution in [0.15, 0.2) is 29.3 Å². The number of benzene rings is 2. The van der Waals surface area contributed by atoms with Crippen LogP contribution in [0.5, 0.6) is 0 Å². The van der Waals surface area contributed by atoms with Crippen molar-refractivity contribution < 1.29 is 13.6 Å². The van der Waals surface area contributed by atoms with Crippen LogP contribution in [0.1, 0.15) is 31.4 Å². The lowest BCUT2D eigenvalue weighted by atomic mass is 9.87. The molecule has 0 saturated carbocycles. The molecule has 168 valence electrons. The highest BCUT2D eigenvalue weighted by atomic mass is 35.5. The van der Waals surface area contributed by atoms with Crippen molar-refractivity contribution in [2.75, 3.05) is 25.5 Å². The Morgan fingerprint density at radius 2 is 1.94 bits per heavy atom. The quantitative estimate of drug-likeness (QED) is 0.248. The highest BCUT2D eigenvalue weighted by Crippen LogP contribution is 2.41. The van der Waals surface area contributed by atoms with Gasteiger partial charge in [0.1, 0.15) is 11.6 Å². The zero-order chi connectivity index (χ0) is 23.2. The molecule has 9 heteroatoms. The summed E-state index contributed by atoms with van der Waals surface area (Å²) in [6, 6.07) is 5.51. The minimum atomic E-state index is -0.956. The lowest BCUT2D eigenvalue weighted by molar-refractivity contribution is -0.113. The monoisotopic (exact) mass is 470 g/mol. The average Bonchev–Trinajstić information content (AvgIpc) is 3.22. The first-order valence-electron chi connectivity index (χ1n) is 9.92. The number of anilines is 1. The molecule has 0 bridgehead atoms. The van der Waals surface area contributed by atoms with Crippen LogP contribution in [0.25, 0.3) is 0 Å². The van der Waals surface area contributed by atoms with Crippen molar-refractivity contribution >= 4 is 47.3 Å². The van der Waals surface area contributed by atoms with E-state index in [1.807, 2.05) is 13.8 Å².